The lowest BCUT2D eigenvalue weighted by Gasteiger charge is -2.29. The molecule has 1 aliphatic rings. The number of carboxylic acid groups (broad SMARTS) is 1. The molecule has 1 N–H and O–H groups in total. The molecule has 5 nitrogen and oxygen atoms in total. The minimum absolute atomic E-state index is 0.0178. The average Bonchev–Trinajstić information content (AvgIpc) is 2.76. The van der Waals surface area contributed by atoms with Crippen molar-refractivity contribution in [3.63, 3.8) is 0 Å². The van der Waals surface area contributed by atoms with Gasteiger partial charge in [-0.05, 0) is 40.0 Å². The first-order valence-electron chi connectivity index (χ1n) is 7.10. The van der Waals surface area contributed by atoms with Crippen LogP contribution in [0.15, 0.2) is 0 Å². The van der Waals surface area contributed by atoms with E-state index < -0.39 is 28.9 Å². The second kappa shape index (κ2) is 6.37. The maximum atomic E-state index is 12.1. The zero-order chi connectivity index (χ0) is 15.4. The number of carbonyl (C=O) groups excluding carboxylic acids is 2. The smallest absolute Gasteiger partial charge is 0.309 e. The predicted octanol–water partition coefficient (Wildman–Crippen LogP) is 2.57. The zero-order valence-corrected chi connectivity index (χ0v) is 12.5. The number of hydrogen-bond acceptors (Lipinski definition) is 4. The molecule has 1 aliphatic carbocycles. The maximum Gasteiger partial charge on any atom is 0.309 e. The molecule has 0 aromatic heterocycles. The van der Waals surface area contributed by atoms with Crippen LogP contribution < -0.4 is 0 Å². The van der Waals surface area contributed by atoms with Gasteiger partial charge in [0.05, 0.1) is 11.3 Å². The van der Waals surface area contributed by atoms with Crippen molar-refractivity contribution in [2.45, 2.75) is 64.9 Å². The van der Waals surface area contributed by atoms with E-state index >= 15 is 0 Å². The minimum Gasteiger partial charge on any atom is -0.481 e. The van der Waals surface area contributed by atoms with Gasteiger partial charge < -0.3 is 14.6 Å². The van der Waals surface area contributed by atoms with Gasteiger partial charge in [-0.3, -0.25) is 9.59 Å². The summed E-state index contributed by atoms with van der Waals surface area (Å²) in [6, 6.07) is 0. The van der Waals surface area contributed by atoms with Crippen molar-refractivity contribution in [3.05, 3.63) is 0 Å². The van der Waals surface area contributed by atoms with E-state index in [0.717, 1.165) is 12.8 Å². The second-order valence-corrected chi connectivity index (χ2v) is 6.63. The molecule has 1 atom stereocenters. The summed E-state index contributed by atoms with van der Waals surface area (Å²) in [7, 11) is 0. The molecule has 0 spiro atoms. The fourth-order valence-corrected chi connectivity index (χ4v) is 2.79. The second-order valence-electron chi connectivity index (χ2n) is 6.63. The molecule has 1 unspecified atom stereocenters. The molecule has 1 fully saturated rings. The SMILES string of the molecule is CC(C)(C)OC(=O)C(CC=O)CC1(C(=O)O)CCCC1. The van der Waals surface area contributed by atoms with Crippen LogP contribution in [0.3, 0.4) is 0 Å². The number of carbonyl (C=O) groups is 3. The van der Waals surface area contributed by atoms with Gasteiger partial charge in [-0.25, -0.2) is 0 Å². The fourth-order valence-electron chi connectivity index (χ4n) is 2.79. The molecule has 1 saturated carbocycles. The highest BCUT2D eigenvalue weighted by molar-refractivity contribution is 5.79. The lowest BCUT2D eigenvalue weighted by atomic mass is 9.77. The number of carboxylic acids is 1. The summed E-state index contributed by atoms with van der Waals surface area (Å²) >= 11 is 0. The Hall–Kier alpha value is -1.39. The molecular weight excluding hydrogens is 260 g/mol. The van der Waals surface area contributed by atoms with E-state index in [1.807, 2.05) is 0 Å². The van der Waals surface area contributed by atoms with Crippen LogP contribution in [0.4, 0.5) is 0 Å². The van der Waals surface area contributed by atoms with Crippen molar-refractivity contribution in [1.82, 2.24) is 0 Å². The Balaban J connectivity index is 2.83. The third-order valence-corrected chi connectivity index (χ3v) is 3.77. The molecule has 20 heavy (non-hydrogen) atoms. The van der Waals surface area contributed by atoms with Crippen molar-refractivity contribution in [2.24, 2.45) is 11.3 Å². The molecule has 0 heterocycles. The fraction of sp³-hybridized carbons (Fsp3) is 0.800. The number of hydrogen-bond donors (Lipinski definition) is 1. The summed E-state index contributed by atoms with van der Waals surface area (Å²) in [5.41, 5.74) is -1.51. The van der Waals surface area contributed by atoms with Gasteiger partial charge in [0.15, 0.2) is 0 Å². The van der Waals surface area contributed by atoms with E-state index in [9.17, 15) is 19.5 Å². The topological polar surface area (TPSA) is 80.7 Å². The first-order valence-corrected chi connectivity index (χ1v) is 7.10. The third kappa shape index (κ3) is 4.32. The lowest BCUT2D eigenvalue weighted by molar-refractivity contribution is -0.163. The van der Waals surface area contributed by atoms with Crippen LogP contribution in [0, 0.1) is 11.3 Å². The van der Waals surface area contributed by atoms with Gasteiger partial charge in [-0.1, -0.05) is 12.8 Å². The van der Waals surface area contributed by atoms with Gasteiger partial charge in [0, 0.05) is 6.42 Å². The van der Waals surface area contributed by atoms with Crippen LogP contribution in [-0.2, 0) is 19.1 Å². The maximum absolute atomic E-state index is 12.1. The molecule has 5 heteroatoms. The summed E-state index contributed by atoms with van der Waals surface area (Å²) in [6.45, 7) is 5.27. The van der Waals surface area contributed by atoms with Crippen molar-refractivity contribution in [2.75, 3.05) is 0 Å². The Labute approximate surface area is 119 Å². The molecule has 114 valence electrons. The van der Waals surface area contributed by atoms with E-state index in [2.05, 4.69) is 0 Å². The molecular formula is C15H24O5. The molecule has 1 rings (SSSR count). The van der Waals surface area contributed by atoms with Crippen LogP contribution in [0.1, 0.15) is 59.3 Å². The molecule has 0 aromatic rings. The normalized spacial score (nSPS) is 19.4. The van der Waals surface area contributed by atoms with E-state index in [4.69, 9.17) is 4.74 Å². The molecule has 0 saturated heterocycles. The number of ether oxygens (including phenoxy) is 1. The van der Waals surface area contributed by atoms with Crippen LogP contribution in [0.2, 0.25) is 0 Å². The molecule has 0 aliphatic heterocycles. The van der Waals surface area contributed by atoms with E-state index in [1.54, 1.807) is 20.8 Å². The number of aldehydes is 1. The molecule has 0 amide bonds. The van der Waals surface area contributed by atoms with Crippen molar-refractivity contribution >= 4 is 18.2 Å². The zero-order valence-electron chi connectivity index (χ0n) is 12.5. The van der Waals surface area contributed by atoms with Crippen molar-refractivity contribution < 1.29 is 24.2 Å². The largest absolute Gasteiger partial charge is 0.481 e. The molecule has 0 bridgehead atoms. The number of aliphatic carboxylic acids is 1. The first-order chi connectivity index (χ1) is 9.20. The highest BCUT2D eigenvalue weighted by atomic mass is 16.6. The van der Waals surface area contributed by atoms with E-state index in [0.29, 0.717) is 19.1 Å². The van der Waals surface area contributed by atoms with E-state index in [1.165, 1.54) is 0 Å². The van der Waals surface area contributed by atoms with Gasteiger partial charge >= 0.3 is 11.9 Å². The summed E-state index contributed by atoms with van der Waals surface area (Å²) in [5, 5.41) is 9.45. The summed E-state index contributed by atoms with van der Waals surface area (Å²) < 4.78 is 5.30. The standard InChI is InChI=1S/C15H24O5/c1-14(2,3)20-12(17)11(6-9-16)10-15(13(18)19)7-4-5-8-15/h9,11H,4-8,10H2,1-3H3,(H,18,19). The van der Waals surface area contributed by atoms with Gasteiger partial charge in [0.1, 0.15) is 11.9 Å². The van der Waals surface area contributed by atoms with Crippen LogP contribution >= 0.6 is 0 Å². The highest BCUT2D eigenvalue weighted by Crippen LogP contribution is 2.44. The van der Waals surface area contributed by atoms with Crippen LogP contribution in [0.5, 0.6) is 0 Å². The van der Waals surface area contributed by atoms with Gasteiger partial charge in [-0.15, -0.1) is 0 Å². The average molecular weight is 284 g/mol. The van der Waals surface area contributed by atoms with Gasteiger partial charge in [0.25, 0.3) is 0 Å². The Morgan fingerprint density at radius 1 is 1.30 bits per heavy atom. The van der Waals surface area contributed by atoms with Crippen LogP contribution in [0.25, 0.3) is 0 Å². The van der Waals surface area contributed by atoms with Gasteiger partial charge in [0.2, 0.25) is 0 Å². The minimum atomic E-state index is -0.870. The van der Waals surface area contributed by atoms with Crippen molar-refractivity contribution in [3.8, 4) is 0 Å². The monoisotopic (exact) mass is 284 g/mol. The quantitative estimate of drug-likeness (QED) is 0.599. The summed E-state index contributed by atoms with van der Waals surface area (Å²) in [5.74, 6) is -2.01. The Bertz CT molecular complexity index is 374. The Morgan fingerprint density at radius 3 is 2.25 bits per heavy atom. The summed E-state index contributed by atoms with van der Waals surface area (Å²) in [4.78, 5) is 34.4. The molecule has 0 radical (unpaired) electrons. The summed E-state index contributed by atoms with van der Waals surface area (Å²) in [6.07, 6.45) is 3.73. The predicted molar refractivity (Wildman–Crippen MR) is 73.2 cm³/mol. The Kier molecular flexibility index (Phi) is 5.31. The van der Waals surface area contributed by atoms with Gasteiger partial charge in [-0.2, -0.15) is 0 Å². The van der Waals surface area contributed by atoms with E-state index in [-0.39, 0.29) is 12.8 Å². The highest BCUT2D eigenvalue weighted by Gasteiger charge is 2.44. The van der Waals surface area contributed by atoms with Crippen LogP contribution in [-0.4, -0.2) is 28.9 Å². The third-order valence-electron chi connectivity index (χ3n) is 3.77. The number of esters is 1. The van der Waals surface area contributed by atoms with Crippen molar-refractivity contribution in [1.29, 1.82) is 0 Å². The molecule has 0 aromatic carbocycles. The number of rotatable bonds is 6. The first kappa shape index (κ1) is 16.7. The lowest BCUT2D eigenvalue weighted by Crippen LogP contribution is -2.36. The Morgan fingerprint density at radius 2 is 1.85 bits per heavy atom.